The number of esters is 1. The van der Waals surface area contributed by atoms with Crippen molar-refractivity contribution in [3.63, 3.8) is 0 Å². The second-order valence-electron chi connectivity index (χ2n) is 5.09. The molecule has 2 aromatic rings. The maximum atomic E-state index is 12.5. The molecule has 2 rings (SSSR count). The minimum Gasteiger partial charge on any atom is -0.462 e. The van der Waals surface area contributed by atoms with Gasteiger partial charge in [0.25, 0.3) is 0 Å². The number of nitrogen functional groups attached to an aromatic ring is 1. The predicted octanol–water partition coefficient (Wildman–Crippen LogP) is 2.55. The van der Waals surface area contributed by atoms with Crippen molar-refractivity contribution in [2.24, 2.45) is 0 Å². The Hall–Kier alpha value is -2.87. The summed E-state index contributed by atoms with van der Waals surface area (Å²) in [6.45, 7) is 6.03. The van der Waals surface area contributed by atoms with Crippen LogP contribution in [0.5, 0.6) is 0 Å². The number of thioether (sulfide) groups is 1. The first kappa shape index (κ1) is 19.5. The molecule has 136 valence electrons. The van der Waals surface area contributed by atoms with Gasteiger partial charge in [-0.2, -0.15) is 0 Å². The first-order chi connectivity index (χ1) is 12.6. The highest BCUT2D eigenvalue weighted by molar-refractivity contribution is 7.99. The SMILES string of the molecule is C=CCN(C(=O)CSc1ncc(C(=O)OCC)c(N)n1)c1ccccc1. The van der Waals surface area contributed by atoms with Crippen molar-refractivity contribution >= 4 is 35.1 Å². The Kier molecular flexibility index (Phi) is 7.16. The summed E-state index contributed by atoms with van der Waals surface area (Å²) in [7, 11) is 0. The van der Waals surface area contributed by atoms with E-state index >= 15 is 0 Å². The molecule has 0 aliphatic heterocycles. The molecule has 0 aliphatic carbocycles. The Labute approximate surface area is 156 Å². The van der Waals surface area contributed by atoms with E-state index in [0.29, 0.717) is 11.7 Å². The standard InChI is InChI=1S/C18H20N4O3S/c1-3-10-22(13-8-6-5-7-9-13)15(23)12-26-18-20-11-14(16(19)21-18)17(24)25-4-2/h3,5-9,11H,1,4,10,12H2,2H3,(H2,19,20,21). The highest BCUT2D eigenvalue weighted by Crippen LogP contribution is 2.20. The van der Waals surface area contributed by atoms with Crippen molar-refractivity contribution < 1.29 is 14.3 Å². The molecule has 8 heteroatoms. The lowest BCUT2D eigenvalue weighted by Gasteiger charge is -2.20. The van der Waals surface area contributed by atoms with Gasteiger partial charge in [-0.05, 0) is 19.1 Å². The van der Waals surface area contributed by atoms with Gasteiger partial charge in [0, 0.05) is 18.4 Å². The fraction of sp³-hybridized carbons (Fsp3) is 0.222. The Bertz CT molecular complexity index is 783. The van der Waals surface area contributed by atoms with Crippen LogP contribution in [0.2, 0.25) is 0 Å². The van der Waals surface area contributed by atoms with Gasteiger partial charge in [0.1, 0.15) is 11.4 Å². The van der Waals surface area contributed by atoms with E-state index in [4.69, 9.17) is 10.5 Å². The van der Waals surface area contributed by atoms with Crippen LogP contribution >= 0.6 is 11.8 Å². The number of hydrogen-bond donors (Lipinski definition) is 1. The van der Waals surface area contributed by atoms with Crippen LogP contribution in [0, 0.1) is 0 Å². The van der Waals surface area contributed by atoms with Crippen molar-refractivity contribution in [2.45, 2.75) is 12.1 Å². The molecule has 1 aromatic carbocycles. The van der Waals surface area contributed by atoms with Crippen LogP contribution in [0.3, 0.4) is 0 Å². The second-order valence-corrected chi connectivity index (χ2v) is 6.03. The van der Waals surface area contributed by atoms with Gasteiger partial charge in [-0.15, -0.1) is 6.58 Å². The number of para-hydroxylation sites is 1. The average Bonchev–Trinajstić information content (AvgIpc) is 2.65. The largest absolute Gasteiger partial charge is 0.462 e. The van der Waals surface area contributed by atoms with Crippen molar-refractivity contribution in [3.05, 3.63) is 54.7 Å². The average molecular weight is 372 g/mol. The maximum Gasteiger partial charge on any atom is 0.343 e. The molecule has 0 atom stereocenters. The van der Waals surface area contributed by atoms with Gasteiger partial charge in [0.05, 0.1) is 12.4 Å². The normalized spacial score (nSPS) is 10.2. The van der Waals surface area contributed by atoms with E-state index in [9.17, 15) is 9.59 Å². The van der Waals surface area contributed by atoms with E-state index < -0.39 is 5.97 Å². The first-order valence-electron chi connectivity index (χ1n) is 7.95. The number of carbonyl (C=O) groups is 2. The molecule has 0 bridgehead atoms. The van der Waals surface area contributed by atoms with Crippen LogP contribution in [0.4, 0.5) is 11.5 Å². The molecule has 1 heterocycles. The molecule has 0 radical (unpaired) electrons. The third-order valence-corrected chi connectivity index (χ3v) is 4.14. The zero-order valence-corrected chi connectivity index (χ0v) is 15.2. The molecular weight excluding hydrogens is 352 g/mol. The number of hydrogen-bond acceptors (Lipinski definition) is 7. The van der Waals surface area contributed by atoms with Gasteiger partial charge >= 0.3 is 5.97 Å². The van der Waals surface area contributed by atoms with Crippen molar-refractivity contribution in [3.8, 4) is 0 Å². The highest BCUT2D eigenvalue weighted by atomic mass is 32.2. The van der Waals surface area contributed by atoms with Gasteiger partial charge in [0.2, 0.25) is 5.91 Å². The fourth-order valence-corrected chi connectivity index (χ4v) is 2.80. The number of nitrogens with zero attached hydrogens (tertiary/aromatic N) is 3. The summed E-state index contributed by atoms with van der Waals surface area (Å²) in [5.74, 6) is -0.531. The topological polar surface area (TPSA) is 98.4 Å². The highest BCUT2D eigenvalue weighted by Gasteiger charge is 2.17. The van der Waals surface area contributed by atoms with Crippen LogP contribution in [0.25, 0.3) is 0 Å². The smallest absolute Gasteiger partial charge is 0.343 e. The molecule has 1 aromatic heterocycles. The van der Waals surface area contributed by atoms with Gasteiger partial charge in [-0.1, -0.05) is 36.0 Å². The van der Waals surface area contributed by atoms with Crippen molar-refractivity contribution in [1.82, 2.24) is 9.97 Å². The van der Waals surface area contributed by atoms with Crippen LogP contribution < -0.4 is 10.6 Å². The first-order valence-corrected chi connectivity index (χ1v) is 8.94. The molecule has 0 saturated carbocycles. The Balaban J connectivity index is 2.05. The molecule has 1 amide bonds. The van der Waals surface area contributed by atoms with E-state index in [1.807, 2.05) is 30.3 Å². The monoisotopic (exact) mass is 372 g/mol. The van der Waals surface area contributed by atoms with Crippen molar-refractivity contribution in [1.29, 1.82) is 0 Å². The Morgan fingerprint density at radius 1 is 1.35 bits per heavy atom. The summed E-state index contributed by atoms with van der Waals surface area (Å²) >= 11 is 1.15. The summed E-state index contributed by atoms with van der Waals surface area (Å²) in [6, 6.07) is 9.33. The quantitative estimate of drug-likeness (QED) is 0.329. The summed E-state index contributed by atoms with van der Waals surface area (Å²) in [5.41, 5.74) is 6.68. The summed E-state index contributed by atoms with van der Waals surface area (Å²) < 4.78 is 4.88. The van der Waals surface area contributed by atoms with Gasteiger partial charge < -0.3 is 15.4 Å². The lowest BCUT2D eigenvalue weighted by Crippen LogP contribution is -2.32. The van der Waals surface area contributed by atoms with Crippen LogP contribution in [0.1, 0.15) is 17.3 Å². The van der Waals surface area contributed by atoms with E-state index in [1.54, 1.807) is 17.9 Å². The number of aromatic nitrogens is 2. The van der Waals surface area contributed by atoms with Crippen LogP contribution in [0.15, 0.2) is 54.3 Å². The lowest BCUT2D eigenvalue weighted by molar-refractivity contribution is -0.116. The van der Waals surface area contributed by atoms with E-state index in [-0.39, 0.29) is 29.6 Å². The number of nitrogens with two attached hydrogens (primary N) is 1. The molecule has 0 unspecified atom stereocenters. The summed E-state index contributed by atoms with van der Waals surface area (Å²) in [5, 5.41) is 0.315. The number of ether oxygens (including phenoxy) is 1. The number of rotatable bonds is 8. The summed E-state index contributed by atoms with van der Waals surface area (Å²) in [4.78, 5) is 34.0. The van der Waals surface area contributed by atoms with Gasteiger partial charge in [-0.25, -0.2) is 14.8 Å². The third kappa shape index (κ3) is 5.06. The molecule has 0 aliphatic rings. The van der Waals surface area contributed by atoms with E-state index in [2.05, 4.69) is 16.5 Å². The second kappa shape index (κ2) is 9.57. The molecule has 7 nitrogen and oxygen atoms in total. The maximum absolute atomic E-state index is 12.5. The molecule has 2 N–H and O–H groups in total. The number of benzene rings is 1. The van der Waals surface area contributed by atoms with E-state index in [0.717, 1.165) is 17.4 Å². The minimum atomic E-state index is -0.570. The van der Waals surface area contributed by atoms with Crippen LogP contribution in [-0.2, 0) is 9.53 Å². The minimum absolute atomic E-state index is 0.0272. The molecule has 0 spiro atoms. The number of anilines is 2. The zero-order valence-electron chi connectivity index (χ0n) is 14.4. The zero-order chi connectivity index (χ0) is 18.9. The summed E-state index contributed by atoms with van der Waals surface area (Å²) in [6.07, 6.45) is 2.98. The van der Waals surface area contributed by atoms with Crippen LogP contribution in [-0.4, -0.2) is 40.7 Å². The van der Waals surface area contributed by atoms with Gasteiger partial charge in [0.15, 0.2) is 5.16 Å². The predicted molar refractivity (Wildman–Crippen MR) is 102 cm³/mol. The van der Waals surface area contributed by atoms with Gasteiger partial charge in [-0.3, -0.25) is 4.79 Å². The Morgan fingerprint density at radius 3 is 2.69 bits per heavy atom. The fourth-order valence-electron chi connectivity index (χ4n) is 2.11. The third-order valence-electron chi connectivity index (χ3n) is 3.30. The molecule has 26 heavy (non-hydrogen) atoms. The number of carbonyl (C=O) groups excluding carboxylic acids is 2. The molecular formula is C18H20N4O3S. The Morgan fingerprint density at radius 2 is 2.08 bits per heavy atom. The lowest BCUT2D eigenvalue weighted by atomic mass is 10.3. The molecule has 0 fully saturated rings. The van der Waals surface area contributed by atoms with E-state index in [1.165, 1.54) is 6.20 Å². The number of amides is 1. The molecule has 0 saturated heterocycles. The van der Waals surface area contributed by atoms with Crippen molar-refractivity contribution in [2.75, 3.05) is 29.5 Å².